The third-order valence-corrected chi connectivity index (χ3v) is 9.05. The molecule has 0 radical (unpaired) electrons. The van der Waals surface area contributed by atoms with E-state index in [4.69, 9.17) is 28.4 Å². The summed E-state index contributed by atoms with van der Waals surface area (Å²) in [6.45, 7) is 9.04. The Balaban J connectivity index is 1.53. The molecule has 0 unspecified atom stereocenters. The van der Waals surface area contributed by atoms with Crippen molar-refractivity contribution in [2.24, 2.45) is 0 Å². The number of aromatic nitrogens is 2. The number of unbranched alkanes of at least 4 members (excludes halogenated alkanes) is 16. The van der Waals surface area contributed by atoms with Crippen LogP contribution in [0.3, 0.4) is 0 Å². The molecule has 0 aliphatic rings. The number of fused-ring (bicyclic) bond motifs is 1. The zero-order valence-corrected chi connectivity index (χ0v) is 33.0. The largest absolute Gasteiger partial charge is 0.379 e. The predicted molar refractivity (Wildman–Crippen MR) is 212 cm³/mol. The molecule has 3 N–H and O–H groups in total. The molecule has 0 spiro atoms. The number of carbonyl (C=O) groups excluding carboxylic acids is 1. The number of H-pyrrole nitrogens is 2. The molecule has 0 atom stereocenters. The molecule has 304 valence electrons. The number of amides is 1. The van der Waals surface area contributed by atoms with Gasteiger partial charge in [-0.1, -0.05) is 123 Å². The van der Waals surface area contributed by atoms with Crippen molar-refractivity contribution in [1.29, 1.82) is 0 Å². The number of nitrogens with one attached hydrogen (secondary N) is 3. The van der Waals surface area contributed by atoms with E-state index in [1.807, 2.05) is 0 Å². The van der Waals surface area contributed by atoms with Gasteiger partial charge >= 0.3 is 0 Å². The van der Waals surface area contributed by atoms with Crippen LogP contribution in [0.1, 0.15) is 129 Å². The van der Waals surface area contributed by atoms with Gasteiger partial charge in [0.1, 0.15) is 12.7 Å². The fourth-order valence-corrected chi connectivity index (χ4v) is 6.00. The summed E-state index contributed by atoms with van der Waals surface area (Å²) >= 11 is 0. The maximum Gasteiger partial charge on any atom is 0.272 e. The van der Waals surface area contributed by atoms with Crippen LogP contribution in [0.5, 0.6) is 0 Å². The molecule has 1 aromatic heterocycles. The van der Waals surface area contributed by atoms with Crippen molar-refractivity contribution in [3.05, 3.63) is 38.9 Å². The van der Waals surface area contributed by atoms with Gasteiger partial charge in [0.05, 0.1) is 69.3 Å². The Kier molecular flexibility index (Phi) is 28.8. The molecule has 1 heterocycles. The van der Waals surface area contributed by atoms with E-state index in [9.17, 15) is 14.4 Å². The van der Waals surface area contributed by atoms with Crippen LogP contribution in [-0.2, 0) is 33.2 Å². The number of rotatable bonds is 37. The average Bonchev–Trinajstić information content (AvgIpc) is 3.16. The van der Waals surface area contributed by atoms with E-state index in [0.29, 0.717) is 46.2 Å². The van der Waals surface area contributed by atoms with E-state index in [0.717, 1.165) is 26.1 Å². The van der Waals surface area contributed by atoms with Crippen LogP contribution in [0.15, 0.2) is 27.8 Å². The summed E-state index contributed by atoms with van der Waals surface area (Å²) in [7, 11) is 0. The lowest BCUT2D eigenvalue weighted by Crippen LogP contribution is -2.28. The lowest BCUT2D eigenvalue weighted by atomic mass is 10.1. The first-order valence-electron chi connectivity index (χ1n) is 20.6. The fraction of sp³-hybridized carbons (Fsp3) is 0.780. The molecule has 1 aromatic carbocycles. The number of ether oxygens (including phenoxy) is 6. The van der Waals surface area contributed by atoms with Gasteiger partial charge in [-0.2, -0.15) is 0 Å². The number of anilines is 1. The molecule has 53 heavy (non-hydrogen) atoms. The van der Waals surface area contributed by atoms with E-state index >= 15 is 0 Å². The van der Waals surface area contributed by atoms with Crippen molar-refractivity contribution in [2.45, 2.75) is 136 Å². The molecule has 2 rings (SSSR count). The van der Waals surface area contributed by atoms with Crippen LogP contribution < -0.4 is 16.4 Å². The fourth-order valence-electron chi connectivity index (χ4n) is 6.00. The van der Waals surface area contributed by atoms with E-state index in [1.54, 1.807) is 12.1 Å². The number of hydrogen-bond donors (Lipinski definition) is 3. The highest BCUT2D eigenvalue weighted by Gasteiger charge is 2.12. The van der Waals surface area contributed by atoms with E-state index < -0.39 is 17.0 Å². The maximum atomic E-state index is 12.3. The van der Waals surface area contributed by atoms with Gasteiger partial charge in [-0.3, -0.25) is 24.6 Å². The number of benzene rings is 1. The van der Waals surface area contributed by atoms with Crippen molar-refractivity contribution in [2.75, 3.05) is 78.0 Å². The molecule has 0 saturated heterocycles. The van der Waals surface area contributed by atoms with Crippen LogP contribution in [0.2, 0.25) is 0 Å². The molecule has 2 aromatic rings. The Hall–Kier alpha value is -2.61. The molecule has 0 aliphatic carbocycles. The molecule has 0 aliphatic heterocycles. The Bertz CT molecular complexity index is 1260. The van der Waals surface area contributed by atoms with Crippen LogP contribution in [0, 0.1) is 0 Å². The molecule has 1 amide bonds. The molecule has 12 nitrogen and oxygen atoms in total. The molecular formula is C41H71N3O9. The zero-order chi connectivity index (χ0) is 38.0. The third kappa shape index (κ3) is 23.7. The smallest absolute Gasteiger partial charge is 0.272 e. The van der Waals surface area contributed by atoms with Gasteiger partial charge in [-0.15, -0.1) is 0 Å². The Morgan fingerprint density at radius 1 is 0.566 bits per heavy atom. The summed E-state index contributed by atoms with van der Waals surface area (Å²) in [6.07, 6.45) is 23.1. The molecule has 12 heteroatoms. The Morgan fingerprint density at radius 3 is 1.58 bits per heavy atom. The van der Waals surface area contributed by atoms with Crippen molar-refractivity contribution < 1.29 is 33.2 Å². The molecule has 0 bridgehead atoms. The van der Waals surface area contributed by atoms with Crippen molar-refractivity contribution in [3.63, 3.8) is 0 Å². The first kappa shape index (κ1) is 46.5. The second-order valence-electron chi connectivity index (χ2n) is 13.8. The molecule has 0 saturated carbocycles. The van der Waals surface area contributed by atoms with Gasteiger partial charge in [0.2, 0.25) is 5.91 Å². The Labute approximate surface area is 317 Å². The van der Waals surface area contributed by atoms with Crippen LogP contribution in [0.4, 0.5) is 5.69 Å². The summed E-state index contributed by atoms with van der Waals surface area (Å²) in [6, 6.07) is 4.67. The predicted octanol–water partition coefficient (Wildman–Crippen LogP) is 7.68. The van der Waals surface area contributed by atoms with Crippen LogP contribution >= 0.6 is 0 Å². The minimum atomic E-state index is -0.499. The summed E-state index contributed by atoms with van der Waals surface area (Å²) < 4.78 is 34.7. The number of carbonyl (C=O) groups is 1. The van der Waals surface area contributed by atoms with Gasteiger partial charge < -0.3 is 33.7 Å². The Morgan fingerprint density at radius 2 is 1.04 bits per heavy atom. The standard InChI is InChI=1S/C41H71N3O9/c1-3-5-7-9-11-13-15-17-19-24-50-32-35(33-51-25-20-18-16-14-12-10-8-6-4-2)53-31-30-49-27-26-48-28-29-52-34-38(45)42-37-23-21-22-36-39(37)41(47)44-43-40(36)46/h21-23,35H,3-20,24-34H2,1-2H3,(H,42,45)(H,43,46)(H,44,47). The van der Waals surface area contributed by atoms with Gasteiger partial charge in [0.15, 0.2) is 0 Å². The molecular weight excluding hydrogens is 678 g/mol. The average molecular weight is 750 g/mol. The highest BCUT2D eigenvalue weighted by molar-refractivity contribution is 6.01. The van der Waals surface area contributed by atoms with E-state index in [-0.39, 0.29) is 35.8 Å². The quantitative estimate of drug-likeness (QED) is 0.0591. The maximum absolute atomic E-state index is 12.3. The number of aromatic amines is 2. The van der Waals surface area contributed by atoms with Crippen molar-refractivity contribution >= 4 is 22.4 Å². The monoisotopic (exact) mass is 750 g/mol. The zero-order valence-electron chi connectivity index (χ0n) is 33.0. The second-order valence-corrected chi connectivity index (χ2v) is 13.8. The van der Waals surface area contributed by atoms with Crippen molar-refractivity contribution in [3.8, 4) is 0 Å². The highest BCUT2D eigenvalue weighted by atomic mass is 16.6. The van der Waals surface area contributed by atoms with Gasteiger partial charge in [-0.05, 0) is 25.0 Å². The van der Waals surface area contributed by atoms with Gasteiger partial charge in [0, 0.05) is 13.2 Å². The first-order valence-corrected chi connectivity index (χ1v) is 20.6. The van der Waals surface area contributed by atoms with Crippen LogP contribution in [-0.4, -0.2) is 94.9 Å². The topological polar surface area (TPSA) is 150 Å². The summed E-state index contributed by atoms with van der Waals surface area (Å²) in [4.78, 5) is 36.5. The van der Waals surface area contributed by atoms with E-state index in [2.05, 4.69) is 29.4 Å². The highest BCUT2D eigenvalue weighted by Crippen LogP contribution is 2.16. The van der Waals surface area contributed by atoms with Gasteiger partial charge in [-0.25, -0.2) is 0 Å². The van der Waals surface area contributed by atoms with Gasteiger partial charge in [0.25, 0.3) is 11.1 Å². The lowest BCUT2D eigenvalue weighted by molar-refractivity contribution is -0.121. The summed E-state index contributed by atoms with van der Waals surface area (Å²) in [5, 5.41) is 7.47. The number of hydrogen-bond acceptors (Lipinski definition) is 9. The molecule has 0 fully saturated rings. The second kappa shape index (κ2) is 32.8. The third-order valence-electron chi connectivity index (χ3n) is 9.05. The first-order chi connectivity index (χ1) is 26.1. The minimum Gasteiger partial charge on any atom is -0.379 e. The van der Waals surface area contributed by atoms with Crippen LogP contribution in [0.25, 0.3) is 10.8 Å². The summed E-state index contributed by atoms with van der Waals surface area (Å²) in [5.41, 5.74) is -0.699. The van der Waals surface area contributed by atoms with E-state index in [1.165, 1.54) is 109 Å². The normalized spacial score (nSPS) is 11.6. The SMILES string of the molecule is CCCCCCCCCCCOCC(COCCCCCCCCCCC)OCCOCCOCCOCC(=O)Nc1cccc2c(=O)[nH][nH]c(=O)c12. The van der Waals surface area contributed by atoms with Crippen molar-refractivity contribution in [1.82, 2.24) is 10.2 Å². The lowest BCUT2D eigenvalue weighted by Gasteiger charge is -2.18. The summed E-state index contributed by atoms with van der Waals surface area (Å²) in [5.74, 6) is -0.443. The minimum absolute atomic E-state index is 0.115.